The Hall–Kier alpha value is -5.24. The van der Waals surface area contributed by atoms with Gasteiger partial charge in [-0.25, -0.2) is 0 Å². The molecule has 10 heteroatoms. The molecule has 0 atom stereocenters. The number of Topliss-reactive ketones (excluding diaryl/α,β-unsaturated/α-hetero) is 2. The first-order valence-corrected chi connectivity index (χ1v) is 18.2. The summed E-state index contributed by atoms with van der Waals surface area (Å²) < 4.78 is 0. The second kappa shape index (κ2) is 18.7. The van der Waals surface area contributed by atoms with E-state index in [9.17, 15) is 19.2 Å². The SMILES string of the molecule is C=CC(=O)N1C/C(=C\c2ccccc2Cl)C(=O)/C(=C/c2ccccc2Cl)C1.C=CC(=O)N1C/C(=C\c2ccccc2Cl)C(=O)/C(=C/c2ccccc2Cl)C1. The van der Waals surface area contributed by atoms with Gasteiger partial charge in [0.05, 0.1) is 26.2 Å². The van der Waals surface area contributed by atoms with Crippen LogP contribution in [0.3, 0.4) is 0 Å². The fourth-order valence-electron chi connectivity index (χ4n) is 5.77. The predicted octanol–water partition coefficient (Wildman–Crippen LogP) is 10.1. The van der Waals surface area contributed by atoms with Crippen molar-refractivity contribution in [3.63, 3.8) is 0 Å². The number of piperidine rings is 2. The Morgan fingerprint density at radius 2 is 0.667 bits per heavy atom. The van der Waals surface area contributed by atoms with Gasteiger partial charge >= 0.3 is 0 Å². The Kier molecular flexibility index (Phi) is 13.8. The third kappa shape index (κ3) is 10.0. The number of ketones is 2. The molecule has 4 aromatic rings. The highest BCUT2D eigenvalue weighted by molar-refractivity contribution is 6.34. The zero-order valence-corrected chi connectivity index (χ0v) is 32.0. The summed E-state index contributed by atoms with van der Waals surface area (Å²) in [7, 11) is 0. The third-order valence-corrected chi connectivity index (χ3v) is 9.90. The molecule has 0 bridgehead atoms. The number of hydrogen-bond donors (Lipinski definition) is 0. The van der Waals surface area contributed by atoms with Crippen molar-refractivity contribution in [1.29, 1.82) is 0 Å². The Morgan fingerprint density at radius 1 is 0.444 bits per heavy atom. The summed E-state index contributed by atoms with van der Waals surface area (Å²) in [5, 5.41) is 2.17. The number of rotatable bonds is 6. The van der Waals surface area contributed by atoms with Crippen LogP contribution in [0, 0.1) is 0 Å². The van der Waals surface area contributed by atoms with Crippen LogP contribution in [-0.4, -0.2) is 59.4 Å². The third-order valence-electron chi connectivity index (χ3n) is 8.52. The lowest BCUT2D eigenvalue weighted by Crippen LogP contribution is -2.40. The highest BCUT2D eigenvalue weighted by atomic mass is 35.5. The van der Waals surface area contributed by atoms with E-state index in [1.54, 1.807) is 58.4 Å². The van der Waals surface area contributed by atoms with E-state index in [1.807, 2.05) is 72.8 Å². The summed E-state index contributed by atoms with van der Waals surface area (Å²) in [5.41, 5.74) is 4.87. The molecule has 54 heavy (non-hydrogen) atoms. The standard InChI is InChI=1S/2C22H17Cl2NO2/c2*1-2-21(26)25-13-17(11-15-7-3-5-9-19(15)23)22(27)18(14-25)12-16-8-4-6-10-20(16)24/h2*2-12H,1,13-14H2/b2*17-11+,18-12+. The molecule has 0 radical (unpaired) electrons. The first-order valence-electron chi connectivity index (χ1n) is 16.7. The zero-order chi connectivity index (χ0) is 38.8. The molecule has 2 heterocycles. The van der Waals surface area contributed by atoms with Crippen molar-refractivity contribution in [2.45, 2.75) is 0 Å². The lowest BCUT2D eigenvalue weighted by Gasteiger charge is -2.29. The maximum atomic E-state index is 13.0. The number of amides is 2. The van der Waals surface area contributed by atoms with Crippen LogP contribution >= 0.6 is 46.4 Å². The number of halogens is 4. The van der Waals surface area contributed by atoms with E-state index in [1.165, 1.54) is 12.2 Å². The largest absolute Gasteiger partial charge is 0.330 e. The van der Waals surface area contributed by atoms with Crippen LogP contribution in [0.1, 0.15) is 22.3 Å². The van der Waals surface area contributed by atoms with Crippen LogP contribution in [0.15, 0.2) is 145 Å². The topological polar surface area (TPSA) is 74.8 Å². The van der Waals surface area contributed by atoms with E-state index >= 15 is 0 Å². The maximum absolute atomic E-state index is 13.0. The molecule has 2 aliphatic heterocycles. The highest BCUT2D eigenvalue weighted by Gasteiger charge is 2.29. The van der Waals surface area contributed by atoms with Crippen molar-refractivity contribution in [3.05, 3.63) is 187 Å². The van der Waals surface area contributed by atoms with Gasteiger partial charge in [-0.3, -0.25) is 19.2 Å². The summed E-state index contributed by atoms with van der Waals surface area (Å²) in [6.07, 6.45) is 9.41. The Morgan fingerprint density at radius 3 is 0.870 bits per heavy atom. The van der Waals surface area contributed by atoms with Gasteiger partial charge < -0.3 is 9.80 Å². The number of carbonyl (C=O) groups excluding carboxylic acids is 4. The number of nitrogens with zero attached hydrogens (tertiary/aromatic N) is 2. The molecular weight excluding hydrogens is 762 g/mol. The van der Waals surface area contributed by atoms with Gasteiger partial charge in [0.2, 0.25) is 11.8 Å². The molecule has 6 nitrogen and oxygen atoms in total. The van der Waals surface area contributed by atoms with Gasteiger partial charge in [-0.05, 0) is 83.0 Å². The van der Waals surface area contributed by atoms with Crippen LogP contribution in [0.5, 0.6) is 0 Å². The van der Waals surface area contributed by atoms with E-state index in [0.29, 0.717) is 42.4 Å². The van der Waals surface area contributed by atoms with Crippen LogP contribution in [0.25, 0.3) is 24.3 Å². The van der Waals surface area contributed by atoms with Gasteiger partial charge in [0.25, 0.3) is 0 Å². The van der Waals surface area contributed by atoms with Crippen LogP contribution < -0.4 is 0 Å². The molecule has 0 aliphatic carbocycles. The average Bonchev–Trinajstić information content (AvgIpc) is 3.17. The molecule has 272 valence electrons. The number of hydrogen-bond acceptors (Lipinski definition) is 4. The quantitative estimate of drug-likeness (QED) is 0.182. The molecule has 0 aromatic heterocycles. The van der Waals surface area contributed by atoms with Gasteiger partial charge in [0.15, 0.2) is 11.6 Å². The van der Waals surface area contributed by atoms with Crippen molar-refractivity contribution < 1.29 is 19.2 Å². The summed E-state index contributed by atoms with van der Waals surface area (Å²) in [6, 6.07) is 29.0. The van der Waals surface area contributed by atoms with Gasteiger partial charge in [-0.15, -0.1) is 0 Å². The van der Waals surface area contributed by atoms with Crippen LogP contribution in [-0.2, 0) is 19.2 Å². The number of likely N-dealkylation sites (tertiary alicyclic amines) is 2. The molecule has 2 amide bonds. The lowest BCUT2D eigenvalue weighted by atomic mass is 9.94. The first-order chi connectivity index (χ1) is 26.0. The van der Waals surface area contributed by atoms with Gasteiger partial charge in [-0.2, -0.15) is 0 Å². The Labute approximate surface area is 334 Å². The van der Waals surface area contributed by atoms with E-state index in [4.69, 9.17) is 46.4 Å². The lowest BCUT2D eigenvalue weighted by molar-refractivity contribution is -0.127. The first kappa shape index (κ1) is 40.0. The van der Waals surface area contributed by atoms with E-state index in [0.717, 1.165) is 22.3 Å². The predicted molar refractivity (Wildman–Crippen MR) is 221 cm³/mol. The fourth-order valence-corrected chi connectivity index (χ4v) is 6.53. The van der Waals surface area contributed by atoms with Crippen molar-refractivity contribution in [3.8, 4) is 0 Å². The maximum Gasteiger partial charge on any atom is 0.246 e. The second-order valence-corrected chi connectivity index (χ2v) is 13.8. The summed E-state index contributed by atoms with van der Waals surface area (Å²) >= 11 is 24.9. The average molecular weight is 797 g/mol. The van der Waals surface area contributed by atoms with E-state index < -0.39 is 0 Å². The molecule has 2 aliphatic rings. The molecule has 0 unspecified atom stereocenters. The van der Waals surface area contributed by atoms with Gasteiger partial charge in [0, 0.05) is 42.4 Å². The normalized spacial score (nSPS) is 17.4. The van der Waals surface area contributed by atoms with Gasteiger partial charge in [-0.1, -0.05) is 132 Å². The number of carbonyl (C=O) groups is 4. The molecule has 0 saturated carbocycles. The summed E-state index contributed by atoms with van der Waals surface area (Å²) in [4.78, 5) is 53.6. The Balaban J connectivity index is 0.000000208. The van der Waals surface area contributed by atoms with E-state index in [-0.39, 0.29) is 49.6 Å². The fraction of sp³-hybridized carbons (Fsp3) is 0.0909. The minimum absolute atomic E-state index is 0.122. The van der Waals surface area contributed by atoms with E-state index in [2.05, 4.69) is 13.2 Å². The monoisotopic (exact) mass is 794 g/mol. The smallest absolute Gasteiger partial charge is 0.246 e. The number of benzene rings is 4. The summed E-state index contributed by atoms with van der Waals surface area (Å²) in [6.45, 7) is 7.90. The Bertz CT molecular complexity index is 1980. The molecule has 2 fully saturated rings. The van der Waals surface area contributed by atoms with Crippen molar-refractivity contribution >= 4 is 94.1 Å². The second-order valence-electron chi connectivity index (χ2n) is 12.2. The molecule has 0 N–H and O–H groups in total. The molecule has 4 aromatic carbocycles. The highest BCUT2D eigenvalue weighted by Crippen LogP contribution is 2.28. The van der Waals surface area contributed by atoms with Crippen LogP contribution in [0.2, 0.25) is 20.1 Å². The van der Waals surface area contributed by atoms with Crippen molar-refractivity contribution in [2.75, 3.05) is 26.2 Å². The van der Waals surface area contributed by atoms with Crippen molar-refractivity contribution in [2.24, 2.45) is 0 Å². The molecule has 0 spiro atoms. The minimum atomic E-state index is -0.238. The van der Waals surface area contributed by atoms with Crippen molar-refractivity contribution in [1.82, 2.24) is 9.80 Å². The molecular formula is C44H34Cl4N2O4. The minimum Gasteiger partial charge on any atom is -0.330 e. The zero-order valence-electron chi connectivity index (χ0n) is 29.0. The molecule has 6 rings (SSSR count). The molecule has 2 saturated heterocycles. The van der Waals surface area contributed by atoms with Crippen LogP contribution in [0.4, 0.5) is 0 Å². The summed E-state index contributed by atoms with van der Waals surface area (Å²) in [5.74, 6) is -0.721. The van der Waals surface area contributed by atoms with Gasteiger partial charge in [0.1, 0.15) is 0 Å².